The molecule has 5 nitrogen and oxygen atoms in total. The van der Waals surface area contributed by atoms with Crippen molar-refractivity contribution in [3.8, 4) is 6.07 Å². The van der Waals surface area contributed by atoms with Gasteiger partial charge in [-0.3, -0.25) is 9.59 Å². The molecule has 4 rings (SSSR count). The fourth-order valence-corrected chi connectivity index (χ4v) is 5.48. The topological polar surface area (TPSA) is 64.4 Å². The van der Waals surface area contributed by atoms with Gasteiger partial charge in [-0.15, -0.1) is 11.8 Å². The number of nitriles is 1. The lowest BCUT2D eigenvalue weighted by molar-refractivity contribution is -0.146. The number of benzene rings is 1. The van der Waals surface area contributed by atoms with Crippen molar-refractivity contribution in [2.24, 2.45) is 5.92 Å². The first-order chi connectivity index (χ1) is 12.7. The number of carbonyl (C=O) groups is 2. The Balaban J connectivity index is 1.47. The number of likely N-dealkylation sites (tertiary alicyclic amines) is 1. The maximum Gasteiger partial charge on any atom is 0.247 e. The molecule has 0 N–H and O–H groups in total. The second-order valence-electron chi connectivity index (χ2n) is 7.35. The number of hydrogen-bond donors (Lipinski definition) is 0. The molecule has 2 saturated heterocycles. The first-order valence-electron chi connectivity index (χ1n) is 9.34. The molecule has 2 aliphatic heterocycles. The lowest BCUT2D eigenvalue weighted by Crippen LogP contribution is -2.51. The Morgan fingerprint density at radius 3 is 2.73 bits per heavy atom. The van der Waals surface area contributed by atoms with Crippen LogP contribution in [0.15, 0.2) is 24.3 Å². The van der Waals surface area contributed by atoms with E-state index in [1.807, 2.05) is 6.07 Å². The summed E-state index contributed by atoms with van der Waals surface area (Å²) in [5.41, 5.74) is 2.61. The molecule has 1 aromatic rings. The van der Waals surface area contributed by atoms with Crippen LogP contribution in [0.25, 0.3) is 0 Å². The van der Waals surface area contributed by atoms with Gasteiger partial charge in [-0.05, 0) is 43.2 Å². The van der Waals surface area contributed by atoms with Crippen molar-refractivity contribution in [1.82, 2.24) is 9.80 Å². The SMILES string of the molecule is N#C[C@@H]1CSCN1C(=O)[C@@H]1CCCN1C(=O)[C@H]1CCc2ccccc2C1. The van der Waals surface area contributed by atoms with Gasteiger partial charge in [0.05, 0.1) is 11.9 Å². The monoisotopic (exact) mass is 369 g/mol. The largest absolute Gasteiger partial charge is 0.330 e. The molecule has 136 valence electrons. The van der Waals surface area contributed by atoms with Crippen molar-refractivity contribution in [3.05, 3.63) is 35.4 Å². The van der Waals surface area contributed by atoms with Gasteiger partial charge in [0.15, 0.2) is 0 Å². The van der Waals surface area contributed by atoms with Gasteiger partial charge in [-0.2, -0.15) is 5.26 Å². The molecule has 0 aromatic heterocycles. The smallest absolute Gasteiger partial charge is 0.247 e. The summed E-state index contributed by atoms with van der Waals surface area (Å²) in [5, 5.41) is 9.26. The predicted octanol–water partition coefficient (Wildman–Crippen LogP) is 2.21. The molecule has 0 bridgehead atoms. The number of hydrogen-bond acceptors (Lipinski definition) is 4. The minimum absolute atomic E-state index is 0.0296. The summed E-state index contributed by atoms with van der Waals surface area (Å²) in [6.07, 6.45) is 4.13. The van der Waals surface area contributed by atoms with Crippen LogP contribution >= 0.6 is 11.8 Å². The Morgan fingerprint density at radius 2 is 1.92 bits per heavy atom. The maximum absolute atomic E-state index is 13.2. The van der Waals surface area contributed by atoms with Crippen molar-refractivity contribution in [2.45, 2.75) is 44.2 Å². The summed E-state index contributed by atoms with van der Waals surface area (Å²) in [7, 11) is 0. The lowest BCUT2D eigenvalue weighted by atomic mass is 9.83. The molecule has 3 aliphatic rings. The third-order valence-electron chi connectivity index (χ3n) is 5.83. The van der Waals surface area contributed by atoms with E-state index in [4.69, 9.17) is 0 Å². The Hall–Kier alpha value is -2.00. The maximum atomic E-state index is 13.2. The molecule has 6 heteroatoms. The number of aryl methyl sites for hydroxylation is 1. The van der Waals surface area contributed by atoms with Crippen LogP contribution in [0.1, 0.15) is 30.4 Å². The van der Waals surface area contributed by atoms with Crippen molar-refractivity contribution in [2.75, 3.05) is 18.2 Å². The lowest BCUT2D eigenvalue weighted by Gasteiger charge is -2.33. The van der Waals surface area contributed by atoms with E-state index in [1.54, 1.807) is 21.6 Å². The standard InChI is InChI=1S/C20H23N3O2S/c21-11-17-12-26-13-23(17)20(25)18-6-3-9-22(18)19(24)16-8-7-14-4-1-2-5-15(14)10-16/h1-2,4-5,16-18H,3,6-10,12-13H2/t16-,17+,18-/m0/s1. The van der Waals surface area contributed by atoms with E-state index in [9.17, 15) is 14.9 Å². The van der Waals surface area contributed by atoms with Crippen molar-refractivity contribution >= 4 is 23.6 Å². The molecule has 0 spiro atoms. The van der Waals surface area contributed by atoms with E-state index in [0.717, 1.165) is 25.7 Å². The summed E-state index contributed by atoms with van der Waals surface area (Å²) >= 11 is 1.61. The van der Waals surface area contributed by atoms with Crippen LogP contribution in [-0.2, 0) is 22.4 Å². The second-order valence-corrected chi connectivity index (χ2v) is 8.35. The van der Waals surface area contributed by atoms with Gasteiger partial charge < -0.3 is 9.80 Å². The Bertz CT molecular complexity index is 760. The summed E-state index contributed by atoms with van der Waals surface area (Å²) in [6, 6.07) is 9.82. The fraction of sp³-hybridized carbons (Fsp3) is 0.550. The van der Waals surface area contributed by atoms with E-state index >= 15 is 0 Å². The molecule has 1 aliphatic carbocycles. The third-order valence-corrected chi connectivity index (χ3v) is 6.84. The van der Waals surface area contributed by atoms with Gasteiger partial charge in [0.1, 0.15) is 12.1 Å². The molecule has 0 saturated carbocycles. The number of thioether (sulfide) groups is 1. The van der Waals surface area contributed by atoms with E-state index in [-0.39, 0.29) is 29.8 Å². The number of carbonyl (C=O) groups excluding carboxylic acids is 2. The Kier molecular flexibility index (Phi) is 4.90. The molecule has 26 heavy (non-hydrogen) atoms. The molecule has 2 fully saturated rings. The van der Waals surface area contributed by atoms with Gasteiger partial charge in [0.25, 0.3) is 0 Å². The minimum atomic E-state index is -0.380. The van der Waals surface area contributed by atoms with Gasteiger partial charge in [-0.1, -0.05) is 24.3 Å². The van der Waals surface area contributed by atoms with Crippen LogP contribution in [0, 0.1) is 17.2 Å². The molecular weight excluding hydrogens is 346 g/mol. The highest BCUT2D eigenvalue weighted by Crippen LogP contribution is 2.31. The summed E-state index contributed by atoms with van der Waals surface area (Å²) in [6.45, 7) is 0.658. The van der Waals surface area contributed by atoms with Crippen molar-refractivity contribution in [3.63, 3.8) is 0 Å². The first kappa shape index (κ1) is 17.4. The third kappa shape index (κ3) is 3.09. The fourth-order valence-electron chi connectivity index (χ4n) is 4.39. The minimum Gasteiger partial charge on any atom is -0.330 e. The zero-order valence-corrected chi connectivity index (χ0v) is 15.6. The van der Waals surface area contributed by atoms with Gasteiger partial charge in [0.2, 0.25) is 11.8 Å². The number of fused-ring (bicyclic) bond motifs is 1. The normalized spacial score (nSPS) is 27.9. The number of rotatable bonds is 2. The number of nitrogens with zero attached hydrogens (tertiary/aromatic N) is 3. The van der Waals surface area contributed by atoms with E-state index in [2.05, 4.69) is 24.3 Å². The van der Waals surface area contributed by atoms with Crippen LogP contribution in [0.2, 0.25) is 0 Å². The van der Waals surface area contributed by atoms with Crippen LogP contribution in [-0.4, -0.2) is 51.9 Å². The molecule has 1 aromatic carbocycles. The highest BCUT2D eigenvalue weighted by Gasteiger charge is 2.42. The average molecular weight is 369 g/mol. The molecule has 0 radical (unpaired) electrons. The van der Waals surface area contributed by atoms with E-state index < -0.39 is 0 Å². The summed E-state index contributed by atoms with van der Waals surface area (Å²) in [4.78, 5) is 29.6. The summed E-state index contributed by atoms with van der Waals surface area (Å²) < 4.78 is 0. The second kappa shape index (κ2) is 7.32. The average Bonchev–Trinajstić information content (AvgIpc) is 3.35. The van der Waals surface area contributed by atoms with E-state index in [1.165, 1.54) is 11.1 Å². The van der Waals surface area contributed by atoms with E-state index in [0.29, 0.717) is 24.6 Å². The zero-order chi connectivity index (χ0) is 18.1. The quantitative estimate of drug-likeness (QED) is 0.802. The van der Waals surface area contributed by atoms with Crippen LogP contribution in [0.5, 0.6) is 0 Å². The van der Waals surface area contributed by atoms with Gasteiger partial charge in [0, 0.05) is 18.2 Å². The predicted molar refractivity (Wildman–Crippen MR) is 100 cm³/mol. The molecule has 0 unspecified atom stereocenters. The highest BCUT2D eigenvalue weighted by molar-refractivity contribution is 7.99. The summed E-state index contributed by atoms with van der Waals surface area (Å²) in [5.74, 6) is 1.28. The highest BCUT2D eigenvalue weighted by atomic mass is 32.2. The molecule has 3 atom stereocenters. The van der Waals surface area contributed by atoms with Gasteiger partial charge in [-0.25, -0.2) is 0 Å². The molecule has 2 amide bonds. The first-order valence-corrected chi connectivity index (χ1v) is 10.5. The Morgan fingerprint density at radius 1 is 1.12 bits per heavy atom. The molecular formula is C20H23N3O2S. The number of amides is 2. The van der Waals surface area contributed by atoms with Crippen molar-refractivity contribution in [1.29, 1.82) is 5.26 Å². The van der Waals surface area contributed by atoms with Crippen LogP contribution in [0.3, 0.4) is 0 Å². The van der Waals surface area contributed by atoms with Crippen LogP contribution in [0.4, 0.5) is 0 Å². The van der Waals surface area contributed by atoms with Crippen molar-refractivity contribution < 1.29 is 9.59 Å². The molecule has 2 heterocycles. The zero-order valence-electron chi connectivity index (χ0n) is 14.8. The van der Waals surface area contributed by atoms with Crippen LogP contribution < -0.4 is 0 Å². The van der Waals surface area contributed by atoms with Gasteiger partial charge >= 0.3 is 0 Å². The Labute approximate surface area is 158 Å².